The zero-order valence-electron chi connectivity index (χ0n) is 54.8. The molecule has 0 unspecified atom stereocenters. The van der Waals surface area contributed by atoms with Gasteiger partial charge in [0.05, 0.1) is 24.0 Å². The monoisotopic (exact) mass is 1290 g/mol. The number of aromatic hydroxyl groups is 1. The largest absolute Gasteiger partial charge is 0.508 e. The molecule has 3 heterocycles. The van der Waals surface area contributed by atoms with Crippen molar-refractivity contribution in [2.75, 3.05) is 46.3 Å². The summed E-state index contributed by atoms with van der Waals surface area (Å²) in [4.78, 5) is 177. The second kappa shape index (κ2) is 37.3. The number of amides is 8. The van der Waals surface area contributed by atoms with Gasteiger partial charge >= 0.3 is 5.97 Å². The van der Waals surface area contributed by atoms with Crippen LogP contribution in [0.4, 0.5) is 0 Å². The number of ketones is 3. The van der Waals surface area contributed by atoms with Gasteiger partial charge in [0, 0.05) is 103 Å². The van der Waals surface area contributed by atoms with Crippen molar-refractivity contribution in [3.05, 3.63) is 42.0 Å². The molecule has 0 bridgehead atoms. The lowest BCUT2D eigenvalue weighted by Gasteiger charge is -2.35. The molecule has 3 aliphatic rings. The number of phenols is 1. The number of nitrogens with zero attached hydrogens (tertiary/aromatic N) is 6. The van der Waals surface area contributed by atoms with Gasteiger partial charge in [-0.15, -0.1) is 0 Å². The lowest BCUT2D eigenvalue weighted by molar-refractivity contribution is -0.148. The molecule has 13 N–H and O–H groups in total. The Morgan fingerprint density at radius 1 is 0.696 bits per heavy atom. The molecule has 8 atom stereocenters. The molecule has 510 valence electrons. The van der Waals surface area contributed by atoms with Gasteiger partial charge in [-0.25, -0.2) is 0 Å². The van der Waals surface area contributed by atoms with Crippen LogP contribution in [0.15, 0.2) is 46.4 Å². The number of benzene rings is 1. The molecule has 27 heteroatoms. The minimum atomic E-state index is -1.16. The van der Waals surface area contributed by atoms with Gasteiger partial charge in [-0.3, -0.25) is 72.4 Å². The van der Waals surface area contributed by atoms with Crippen LogP contribution in [0.3, 0.4) is 0 Å². The Kier molecular flexibility index (Phi) is 30.9. The Hall–Kier alpha value is -8.26. The Labute approximate surface area is 540 Å². The third kappa shape index (κ3) is 24.7. The van der Waals surface area contributed by atoms with Crippen molar-refractivity contribution in [2.24, 2.45) is 62.0 Å². The average Bonchev–Trinajstić information content (AvgIpc) is 1.53. The Morgan fingerprint density at radius 3 is 1.86 bits per heavy atom. The summed E-state index contributed by atoms with van der Waals surface area (Å²) >= 11 is 0. The highest BCUT2D eigenvalue weighted by atomic mass is 16.4. The smallest absolute Gasteiger partial charge is 0.306 e. The lowest BCUT2D eigenvalue weighted by Crippen LogP contribution is -2.55. The minimum absolute atomic E-state index is 0.00151. The number of hydrogen-bond acceptors (Lipinski definition) is 15. The SMILES string of the molecule is CC(=O)N[C@@H](CCCCNC(=O)CCCCCN1C(=O)C=CC1=O)C(=O)N1CCC[C@H]1C(=O)N(C)[C@@H](CCCN=C(N)N)C(=O)C[C@@H](CCCN=C(N)N)C(=O)N1CCC[C@H]1C(=O)C[C@@H](Cc1ccc(O)cc1)C(=O)N[C@H](C(=O)C[C@@H](CC(C)C)C(=O)O)C(C)(C)C. The van der Waals surface area contributed by atoms with E-state index in [9.17, 15) is 58.2 Å². The van der Waals surface area contributed by atoms with E-state index in [4.69, 9.17) is 22.9 Å². The number of unbranched alkanes of at least 4 members (excludes halogenated alkanes) is 3. The number of imide groups is 1. The predicted octanol–water partition coefficient (Wildman–Crippen LogP) is 2.52. The number of aliphatic imine (C=N–C) groups is 2. The van der Waals surface area contributed by atoms with Crippen molar-refractivity contribution in [1.29, 1.82) is 0 Å². The summed E-state index contributed by atoms with van der Waals surface area (Å²) in [5.41, 5.74) is 22.3. The fourth-order valence-corrected chi connectivity index (χ4v) is 12.2. The zero-order chi connectivity index (χ0) is 68.4. The molecule has 0 saturated carbocycles. The molecule has 8 amide bonds. The summed E-state index contributed by atoms with van der Waals surface area (Å²) in [6, 6.07) is 0.760. The fourth-order valence-electron chi connectivity index (χ4n) is 12.2. The number of carbonyl (C=O) groups excluding carboxylic acids is 11. The molecule has 2 saturated heterocycles. The van der Waals surface area contributed by atoms with Gasteiger partial charge in [0.1, 0.15) is 17.8 Å². The summed E-state index contributed by atoms with van der Waals surface area (Å²) in [6.07, 6.45) is 6.67. The van der Waals surface area contributed by atoms with Gasteiger partial charge in [0.25, 0.3) is 11.8 Å². The third-order valence-electron chi connectivity index (χ3n) is 17.0. The van der Waals surface area contributed by atoms with Crippen LogP contribution < -0.4 is 38.9 Å². The van der Waals surface area contributed by atoms with Crippen molar-refractivity contribution in [3.63, 3.8) is 0 Å². The van der Waals surface area contributed by atoms with Gasteiger partial charge in [-0.1, -0.05) is 53.2 Å². The number of carbonyl (C=O) groups is 12. The number of aliphatic carboxylic acids is 1. The van der Waals surface area contributed by atoms with Crippen LogP contribution >= 0.6 is 0 Å². The molecule has 1 aromatic rings. The van der Waals surface area contributed by atoms with Crippen LogP contribution in [-0.2, 0) is 64.0 Å². The van der Waals surface area contributed by atoms with Gasteiger partial charge in [0.15, 0.2) is 29.3 Å². The van der Waals surface area contributed by atoms with Gasteiger partial charge in [0.2, 0.25) is 35.4 Å². The van der Waals surface area contributed by atoms with E-state index in [2.05, 4.69) is 25.9 Å². The van der Waals surface area contributed by atoms with E-state index in [1.54, 1.807) is 32.9 Å². The van der Waals surface area contributed by atoms with E-state index in [0.717, 1.165) is 4.90 Å². The molecular formula is C65H101N13O14. The molecule has 0 aromatic heterocycles. The Bertz CT molecular complexity index is 2830. The first-order valence-corrected chi connectivity index (χ1v) is 32.3. The molecule has 3 aliphatic heterocycles. The molecule has 2 fully saturated rings. The number of likely N-dealkylation sites (tertiary alicyclic amines) is 2. The number of hydrogen-bond donors (Lipinski definition) is 9. The number of rotatable bonds is 40. The number of carboxylic acids is 1. The molecule has 0 radical (unpaired) electrons. The highest BCUT2D eigenvalue weighted by Crippen LogP contribution is 2.31. The van der Waals surface area contributed by atoms with Crippen molar-refractivity contribution < 1.29 is 67.7 Å². The van der Waals surface area contributed by atoms with Crippen LogP contribution in [0.25, 0.3) is 0 Å². The number of guanidine groups is 2. The van der Waals surface area contributed by atoms with Crippen LogP contribution in [0.1, 0.15) is 169 Å². The maximum atomic E-state index is 15.1. The maximum absolute atomic E-state index is 15.1. The second-order valence-corrected chi connectivity index (χ2v) is 26.1. The van der Waals surface area contributed by atoms with Crippen LogP contribution in [0, 0.1) is 29.1 Å². The number of carboxylic acid groups (broad SMARTS) is 1. The quantitative estimate of drug-likeness (QED) is 0.0197. The Balaban J connectivity index is 1.53. The molecular weight excluding hydrogens is 1190 g/mol. The topological polar surface area (TPSA) is 423 Å². The van der Waals surface area contributed by atoms with Gasteiger partial charge in [-0.05, 0) is 125 Å². The summed E-state index contributed by atoms with van der Waals surface area (Å²) in [7, 11) is 1.46. The van der Waals surface area contributed by atoms with Crippen LogP contribution in [0.2, 0.25) is 0 Å². The summed E-state index contributed by atoms with van der Waals surface area (Å²) in [5.74, 6) is -9.63. The van der Waals surface area contributed by atoms with Crippen molar-refractivity contribution in [1.82, 2.24) is 35.6 Å². The first kappa shape index (κ1) is 76.2. The average molecular weight is 1290 g/mol. The van der Waals surface area contributed by atoms with E-state index < -0.39 is 113 Å². The van der Waals surface area contributed by atoms with E-state index in [0.29, 0.717) is 57.1 Å². The zero-order valence-corrected chi connectivity index (χ0v) is 54.8. The summed E-state index contributed by atoms with van der Waals surface area (Å²) in [6.45, 7) is 11.3. The van der Waals surface area contributed by atoms with E-state index in [1.165, 1.54) is 53.0 Å². The van der Waals surface area contributed by atoms with Crippen molar-refractivity contribution in [2.45, 2.75) is 200 Å². The molecule has 27 nitrogen and oxygen atoms in total. The molecule has 1 aromatic carbocycles. The van der Waals surface area contributed by atoms with Crippen molar-refractivity contribution >= 4 is 82.5 Å². The molecule has 92 heavy (non-hydrogen) atoms. The van der Waals surface area contributed by atoms with Gasteiger partial charge < -0.3 is 63.8 Å². The second-order valence-electron chi connectivity index (χ2n) is 26.1. The third-order valence-corrected chi connectivity index (χ3v) is 17.0. The Morgan fingerprint density at radius 2 is 1.28 bits per heavy atom. The lowest BCUT2D eigenvalue weighted by atomic mass is 9.80. The number of nitrogens with two attached hydrogens (primary N) is 4. The summed E-state index contributed by atoms with van der Waals surface area (Å²) < 4.78 is 0. The normalized spacial score (nSPS) is 17.5. The molecule has 4 rings (SSSR count). The number of likely N-dealkylation sites (N-methyl/N-ethyl adjacent to an activating group) is 1. The predicted molar refractivity (Wildman–Crippen MR) is 344 cm³/mol. The van der Waals surface area contributed by atoms with Crippen molar-refractivity contribution in [3.8, 4) is 5.75 Å². The molecule has 0 spiro atoms. The van der Waals surface area contributed by atoms with Crippen LogP contribution in [0.5, 0.6) is 5.75 Å². The maximum Gasteiger partial charge on any atom is 0.306 e. The minimum Gasteiger partial charge on any atom is -0.508 e. The van der Waals surface area contributed by atoms with Gasteiger partial charge in [-0.2, -0.15) is 0 Å². The fraction of sp³-hybridized carbons (Fsp3) is 0.662. The van der Waals surface area contributed by atoms with E-state index >= 15 is 9.59 Å². The molecule has 0 aliphatic carbocycles. The highest BCUT2D eigenvalue weighted by molar-refractivity contribution is 6.12. The number of nitrogens with one attached hydrogen (secondary N) is 3. The first-order chi connectivity index (χ1) is 43.4. The number of phenolic OH excluding ortho intramolecular Hbond substituents is 1. The van der Waals surface area contributed by atoms with E-state index in [-0.39, 0.29) is 151 Å². The number of Topliss-reactive ketones (excluding diaryl/α,β-unsaturated/α-hetero) is 3. The standard InChI is InChI=1S/C65H101N13O14/c1-40(2)35-45(62(91)92)39-53(83)57(65(4,5)6)74-58(87)44(36-42-23-25-46(80)26-24-42)38-52(82)49-20-15-33-76(49)59(88)43(17-13-30-71-63(66)67)37-51(81)48(19-14-31-72-64(68)69)75(7)61(90)50-21-16-34-77(50)60(89)47(73-41(3)79)18-10-11-29-70-54(84)22-9-8-12-32-78-55(85)27-28-56(78)86/h23-28,40,43-45,47-50,57,80H,8-22,29-39H2,1-7H3,(H,70,84)(H,73,79)(H,74,87)(H,91,92)(H4,66,67,71)(H4,68,69,72)/t43-,44-,45-,47+,48+,49+,50+,57-/m1/s1. The first-order valence-electron chi connectivity index (χ1n) is 32.3. The summed E-state index contributed by atoms with van der Waals surface area (Å²) in [5, 5.41) is 28.6. The van der Waals surface area contributed by atoms with Crippen LogP contribution in [-0.4, -0.2) is 189 Å². The highest BCUT2D eigenvalue weighted by Gasteiger charge is 2.44. The van der Waals surface area contributed by atoms with E-state index in [1.807, 2.05) is 13.8 Å².